The Labute approximate surface area is 204 Å². The number of ether oxygens (including phenoxy) is 3. The van der Waals surface area contributed by atoms with Crippen molar-refractivity contribution < 1.29 is 19.0 Å². The molecule has 0 radical (unpaired) electrons. The fourth-order valence-electron chi connectivity index (χ4n) is 4.00. The molecule has 0 bridgehead atoms. The van der Waals surface area contributed by atoms with Gasteiger partial charge in [0, 0.05) is 34.8 Å². The third-order valence-corrected chi connectivity index (χ3v) is 5.67. The maximum absolute atomic E-state index is 13.1. The van der Waals surface area contributed by atoms with Crippen molar-refractivity contribution >= 4 is 16.8 Å². The Bertz CT molecular complexity index is 1440. The zero-order chi connectivity index (χ0) is 24.2. The predicted octanol–water partition coefficient (Wildman–Crippen LogP) is 5.06. The van der Waals surface area contributed by atoms with Gasteiger partial charge < -0.3 is 24.5 Å². The minimum atomic E-state index is -0.188. The Hall–Kier alpha value is -4.37. The number of carbonyl (C=O) groups excluding carboxylic acids is 1. The smallest absolute Gasteiger partial charge is 0.255 e. The van der Waals surface area contributed by atoms with Crippen molar-refractivity contribution in [3.63, 3.8) is 0 Å². The molecule has 0 spiro atoms. The predicted molar refractivity (Wildman–Crippen MR) is 135 cm³/mol. The van der Waals surface area contributed by atoms with E-state index in [2.05, 4.69) is 28.2 Å². The number of hydrogen-bond acceptors (Lipinski definition) is 4. The van der Waals surface area contributed by atoms with Gasteiger partial charge in [-0.15, -0.1) is 0 Å². The maximum Gasteiger partial charge on any atom is 0.255 e. The van der Waals surface area contributed by atoms with E-state index in [1.165, 1.54) is 10.9 Å². The second-order valence-electron chi connectivity index (χ2n) is 8.56. The highest BCUT2D eigenvalue weighted by molar-refractivity contribution is 5.97. The normalized spacial score (nSPS) is 11.9. The van der Waals surface area contributed by atoms with Crippen LogP contribution >= 0.6 is 0 Å². The van der Waals surface area contributed by atoms with Crippen molar-refractivity contribution in [2.75, 3.05) is 13.3 Å². The third kappa shape index (κ3) is 5.10. The summed E-state index contributed by atoms with van der Waals surface area (Å²) in [5.74, 6) is 8.03. The summed E-state index contributed by atoms with van der Waals surface area (Å²) in [6.07, 6.45) is 2.66. The lowest BCUT2D eigenvalue weighted by molar-refractivity contribution is 0.0948. The van der Waals surface area contributed by atoms with Crippen LogP contribution in [0.5, 0.6) is 17.2 Å². The zero-order valence-corrected chi connectivity index (χ0v) is 19.7. The average molecular weight is 467 g/mol. The van der Waals surface area contributed by atoms with E-state index < -0.39 is 0 Å². The molecule has 1 aliphatic heterocycles. The number of H-pyrrole nitrogens is 1. The molecule has 1 aliphatic rings. The summed E-state index contributed by atoms with van der Waals surface area (Å²) in [6, 6.07) is 19.2. The number of hydrogen-bond donors (Lipinski definition) is 2. The van der Waals surface area contributed by atoms with Gasteiger partial charge in [-0.25, -0.2) is 0 Å². The quantitative estimate of drug-likeness (QED) is 0.390. The first-order valence-electron chi connectivity index (χ1n) is 11.6. The van der Waals surface area contributed by atoms with Gasteiger partial charge in [0.25, 0.3) is 5.91 Å². The third-order valence-electron chi connectivity index (χ3n) is 5.67. The second kappa shape index (κ2) is 9.86. The van der Waals surface area contributed by atoms with Crippen LogP contribution < -0.4 is 19.5 Å². The Morgan fingerprint density at radius 3 is 2.66 bits per heavy atom. The lowest BCUT2D eigenvalue weighted by Crippen LogP contribution is -2.26. The van der Waals surface area contributed by atoms with Crippen molar-refractivity contribution in [3.05, 3.63) is 89.1 Å². The van der Waals surface area contributed by atoms with Crippen molar-refractivity contribution in [3.8, 4) is 29.1 Å². The van der Waals surface area contributed by atoms with Crippen LogP contribution in [0.2, 0.25) is 0 Å². The Balaban J connectivity index is 1.32. The highest BCUT2D eigenvalue weighted by Crippen LogP contribution is 2.32. The van der Waals surface area contributed by atoms with Crippen LogP contribution in [-0.2, 0) is 6.42 Å². The number of carbonyl (C=O) groups is 1. The number of rotatable bonds is 6. The monoisotopic (exact) mass is 466 g/mol. The lowest BCUT2D eigenvalue weighted by atomic mass is 10.1. The number of aromatic amines is 1. The lowest BCUT2D eigenvalue weighted by Gasteiger charge is -2.14. The number of fused-ring (bicyclic) bond motifs is 2. The van der Waals surface area contributed by atoms with E-state index in [0.717, 1.165) is 28.8 Å². The van der Waals surface area contributed by atoms with Gasteiger partial charge in [-0.2, -0.15) is 0 Å². The molecule has 35 heavy (non-hydrogen) atoms. The molecule has 2 N–H and O–H groups in total. The summed E-state index contributed by atoms with van der Waals surface area (Å²) in [6.45, 7) is 4.61. The SMILES string of the molecule is CC(C)Oc1ccc(C#Cc2ccc3c(c2)OCO3)cc1C(=O)NCCc1c[nH]c2ccccc12. The van der Waals surface area contributed by atoms with E-state index in [4.69, 9.17) is 14.2 Å². The number of para-hydroxylation sites is 1. The van der Waals surface area contributed by atoms with Gasteiger partial charge in [-0.05, 0) is 68.3 Å². The fraction of sp³-hybridized carbons (Fsp3) is 0.207. The molecule has 1 amide bonds. The van der Waals surface area contributed by atoms with E-state index in [1.807, 2.05) is 62.5 Å². The minimum absolute atomic E-state index is 0.0571. The number of aromatic nitrogens is 1. The average Bonchev–Trinajstić information content (AvgIpc) is 3.50. The summed E-state index contributed by atoms with van der Waals surface area (Å²) in [5, 5.41) is 4.21. The van der Waals surface area contributed by atoms with Crippen LogP contribution in [0.15, 0.2) is 66.9 Å². The van der Waals surface area contributed by atoms with Crippen molar-refractivity contribution in [2.24, 2.45) is 0 Å². The number of nitrogens with one attached hydrogen (secondary N) is 2. The highest BCUT2D eigenvalue weighted by Gasteiger charge is 2.15. The molecule has 2 heterocycles. The molecular weight excluding hydrogens is 440 g/mol. The summed E-state index contributed by atoms with van der Waals surface area (Å²) < 4.78 is 16.7. The first-order valence-corrected chi connectivity index (χ1v) is 11.6. The van der Waals surface area contributed by atoms with Gasteiger partial charge in [0.05, 0.1) is 11.7 Å². The van der Waals surface area contributed by atoms with Crippen LogP contribution in [-0.4, -0.2) is 30.3 Å². The highest BCUT2D eigenvalue weighted by atomic mass is 16.7. The van der Waals surface area contributed by atoms with E-state index in [0.29, 0.717) is 23.6 Å². The van der Waals surface area contributed by atoms with Crippen molar-refractivity contribution in [2.45, 2.75) is 26.4 Å². The van der Waals surface area contributed by atoms with Crippen LogP contribution in [0.25, 0.3) is 10.9 Å². The van der Waals surface area contributed by atoms with Crippen LogP contribution in [0.1, 0.15) is 40.9 Å². The minimum Gasteiger partial charge on any atom is -0.490 e. The summed E-state index contributed by atoms with van der Waals surface area (Å²) in [5.41, 5.74) is 4.26. The topological polar surface area (TPSA) is 72.6 Å². The molecule has 0 fully saturated rings. The van der Waals surface area contributed by atoms with E-state index in [1.54, 1.807) is 12.1 Å². The van der Waals surface area contributed by atoms with Gasteiger partial charge in [-0.1, -0.05) is 30.0 Å². The zero-order valence-electron chi connectivity index (χ0n) is 19.7. The molecule has 5 rings (SSSR count). The fourth-order valence-corrected chi connectivity index (χ4v) is 4.00. The second-order valence-corrected chi connectivity index (χ2v) is 8.56. The van der Waals surface area contributed by atoms with E-state index in [9.17, 15) is 4.79 Å². The van der Waals surface area contributed by atoms with Gasteiger partial charge in [0.2, 0.25) is 6.79 Å². The molecule has 176 valence electrons. The molecule has 6 nitrogen and oxygen atoms in total. The molecule has 0 aliphatic carbocycles. The number of benzene rings is 3. The molecule has 0 atom stereocenters. The molecule has 1 aromatic heterocycles. The molecule has 0 unspecified atom stereocenters. The summed E-state index contributed by atoms with van der Waals surface area (Å²) >= 11 is 0. The van der Waals surface area contributed by atoms with Gasteiger partial charge >= 0.3 is 0 Å². The van der Waals surface area contributed by atoms with E-state index >= 15 is 0 Å². The first kappa shape index (κ1) is 22.4. The maximum atomic E-state index is 13.1. The largest absolute Gasteiger partial charge is 0.490 e. The molecule has 0 saturated heterocycles. The van der Waals surface area contributed by atoms with Crippen LogP contribution in [0.4, 0.5) is 0 Å². The molecule has 3 aromatic carbocycles. The molecule has 0 saturated carbocycles. The summed E-state index contributed by atoms with van der Waals surface area (Å²) in [4.78, 5) is 16.4. The van der Waals surface area contributed by atoms with E-state index in [-0.39, 0.29) is 18.8 Å². The Kier molecular flexibility index (Phi) is 6.32. The van der Waals surface area contributed by atoms with Gasteiger partial charge in [-0.3, -0.25) is 4.79 Å². The van der Waals surface area contributed by atoms with Crippen LogP contribution in [0.3, 0.4) is 0 Å². The number of amides is 1. The van der Waals surface area contributed by atoms with Gasteiger partial charge in [0.15, 0.2) is 11.5 Å². The molecular formula is C29H26N2O4. The molecule has 4 aromatic rings. The molecule has 6 heteroatoms. The summed E-state index contributed by atoms with van der Waals surface area (Å²) in [7, 11) is 0. The Morgan fingerprint density at radius 2 is 1.80 bits per heavy atom. The van der Waals surface area contributed by atoms with Crippen molar-refractivity contribution in [1.29, 1.82) is 0 Å². The Morgan fingerprint density at radius 1 is 1.03 bits per heavy atom. The van der Waals surface area contributed by atoms with Crippen LogP contribution in [0, 0.1) is 11.8 Å². The van der Waals surface area contributed by atoms with Gasteiger partial charge in [0.1, 0.15) is 5.75 Å². The first-order chi connectivity index (χ1) is 17.1. The van der Waals surface area contributed by atoms with Crippen molar-refractivity contribution in [1.82, 2.24) is 10.3 Å². The standard InChI is InChI=1S/C29H26N2O4/c1-19(2)35-26-11-9-20(7-8-21-10-12-27-28(16-21)34-18-33-27)15-24(26)29(32)30-14-13-22-17-31-25-6-4-3-5-23(22)25/h3-6,9-12,15-17,19,31H,13-14,18H2,1-2H3,(H,30,32).